The maximum Gasteiger partial charge on any atom is 0.256 e. The molecule has 0 saturated carbocycles. The number of aryl methyl sites for hydroxylation is 1. The SMILES string of the molecule is CCN(CC)CCS(=O)(=O)Nc1c(C)[nH]c(/C=C2\C(=O)Nc3ccc(F)cc32)c1C. The van der Waals surface area contributed by atoms with Crippen molar-refractivity contribution in [2.45, 2.75) is 27.7 Å². The van der Waals surface area contributed by atoms with Crippen LogP contribution in [0, 0.1) is 19.7 Å². The second kappa shape index (κ2) is 8.61. The zero-order valence-electron chi connectivity index (χ0n) is 17.6. The van der Waals surface area contributed by atoms with E-state index in [1.807, 2.05) is 18.7 Å². The van der Waals surface area contributed by atoms with Crippen molar-refractivity contribution in [3.8, 4) is 0 Å². The van der Waals surface area contributed by atoms with Crippen molar-refractivity contribution in [2.75, 3.05) is 35.4 Å². The minimum atomic E-state index is -3.54. The van der Waals surface area contributed by atoms with Gasteiger partial charge in [-0.3, -0.25) is 9.52 Å². The first-order valence-electron chi connectivity index (χ1n) is 9.90. The van der Waals surface area contributed by atoms with Crippen molar-refractivity contribution in [3.05, 3.63) is 46.5 Å². The molecule has 30 heavy (non-hydrogen) atoms. The summed E-state index contributed by atoms with van der Waals surface area (Å²) in [6, 6.07) is 4.11. The number of nitrogens with one attached hydrogen (secondary N) is 3. The topological polar surface area (TPSA) is 94.3 Å². The first-order chi connectivity index (χ1) is 14.1. The average Bonchev–Trinajstić information content (AvgIpc) is 3.13. The van der Waals surface area contributed by atoms with Gasteiger partial charge in [0, 0.05) is 29.2 Å². The molecule has 0 saturated heterocycles. The monoisotopic (exact) mass is 434 g/mol. The number of carbonyl (C=O) groups is 1. The van der Waals surface area contributed by atoms with Gasteiger partial charge in [-0.1, -0.05) is 13.8 Å². The second-order valence-electron chi connectivity index (χ2n) is 7.31. The summed E-state index contributed by atoms with van der Waals surface area (Å²) in [4.78, 5) is 17.5. The van der Waals surface area contributed by atoms with E-state index < -0.39 is 15.8 Å². The summed E-state index contributed by atoms with van der Waals surface area (Å²) in [6.45, 7) is 9.55. The highest BCUT2D eigenvalue weighted by Gasteiger charge is 2.26. The maximum atomic E-state index is 13.7. The fourth-order valence-corrected chi connectivity index (χ4v) is 4.73. The summed E-state index contributed by atoms with van der Waals surface area (Å²) in [5.74, 6) is -0.773. The van der Waals surface area contributed by atoms with Crippen molar-refractivity contribution in [1.82, 2.24) is 9.88 Å². The molecule has 7 nitrogen and oxygen atoms in total. The molecule has 0 aliphatic carbocycles. The lowest BCUT2D eigenvalue weighted by molar-refractivity contribution is -0.110. The van der Waals surface area contributed by atoms with Gasteiger partial charge in [-0.15, -0.1) is 0 Å². The summed E-state index contributed by atoms with van der Waals surface area (Å²) >= 11 is 0. The fraction of sp³-hybridized carbons (Fsp3) is 0.381. The van der Waals surface area contributed by atoms with E-state index in [9.17, 15) is 17.6 Å². The summed E-state index contributed by atoms with van der Waals surface area (Å²) in [5.41, 5.74) is 3.73. The molecule has 0 atom stereocenters. The molecule has 9 heteroatoms. The van der Waals surface area contributed by atoms with Gasteiger partial charge in [-0.25, -0.2) is 12.8 Å². The van der Waals surface area contributed by atoms with Gasteiger partial charge in [-0.2, -0.15) is 0 Å². The maximum absolute atomic E-state index is 13.7. The number of anilines is 2. The van der Waals surface area contributed by atoms with Gasteiger partial charge in [0.05, 0.1) is 17.0 Å². The smallest absolute Gasteiger partial charge is 0.256 e. The summed E-state index contributed by atoms with van der Waals surface area (Å²) in [6.07, 6.45) is 1.62. The van der Waals surface area contributed by atoms with E-state index in [-0.39, 0.29) is 11.7 Å². The highest BCUT2D eigenvalue weighted by molar-refractivity contribution is 7.92. The van der Waals surface area contributed by atoms with E-state index in [1.165, 1.54) is 18.2 Å². The van der Waals surface area contributed by atoms with Gasteiger partial charge in [0.25, 0.3) is 5.91 Å². The first-order valence-corrected chi connectivity index (χ1v) is 11.5. The Morgan fingerprint density at radius 1 is 1.20 bits per heavy atom. The molecule has 3 rings (SSSR count). The molecule has 2 heterocycles. The Labute approximate surface area is 176 Å². The minimum Gasteiger partial charge on any atom is -0.357 e. The van der Waals surface area contributed by atoms with E-state index in [1.54, 1.807) is 19.9 Å². The third-order valence-corrected chi connectivity index (χ3v) is 6.59. The van der Waals surface area contributed by atoms with E-state index in [4.69, 9.17) is 0 Å². The average molecular weight is 435 g/mol. The lowest BCUT2D eigenvalue weighted by Crippen LogP contribution is -2.31. The van der Waals surface area contributed by atoms with Crippen LogP contribution >= 0.6 is 0 Å². The molecule has 1 aliphatic rings. The molecule has 0 radical (unpaired) electrons. The number of fused-ring (bicyclic) bond motifs is 1. The number of aromatic nitrogens is 1. The third-order valence-electron chi connectivity index (χ3n) is 5.36. The molecule has 1 aliphatic heterocycles. The van der Waals surface area contributed by atoms with Crippen LogP contribution in [0.4, 0.5) is 15.8 Å². The van der Waals surface area contributed by atoms with E-state index in [0.717, 1.165) is 13.1 Å². The molecule has 162 valence electrons. The zero-order valence-corrected chi connectivity index (χ0v) is 18.4. The lowest BCUT2D eigenvalue weighted by Gasteiger charge is -2.18. The van der Waals surface area contributed by atoms with Crippen LogP contribution in [0.3, 0.4) is 0 Å². The summed E-state index contributed by atoms with van der Waals surface area (Å²) in [5, 5.41) is 2.71. The number of amides is 1. The quantitative estimate of drug-likeness (QED) is 0.556. The highest BCUT2D eigenvalue weighted by atomic mass is 32.2. The van der Waals surface area contributed by atoms with Crippen molar-refractivity contribution in [2.24, 2.45) is 0 Å². The molecule has 1 amide bonds. The number of hydrogen-bond donors (Lipinski definition) is 3. The highest BCUT2D eigenvalue weighted by Crippen LogP contribution is 2.35. The summed E-state index contributed by atoms with van der Waals surface area (Å²) < 4.78 is 41.5. The Kier molecular flexibility index (Phi) is 6.33. The number of halogens is 1. The van der Waals surface area contributed by atoms with Crippen LogP contribution in [0.5, 0.6) is 0 Å². The first kappa shape index (κ1) is 22.0. The van der Waals surface area contributed by atoms with Gasteiger partial charge in [0.15, 0.2) is 0 Å². The number of H-pyrrole nitrogens is 1. The van der Waals surface area contributed by atoms with Gasteiger partial charge in [0.1, 0.15) is 5.82 Å². The van der Waals surface area contributed by atoms with Crippen LogP contribution in [0.25, 0.3) is 11.6 Å². The molecule has 0 spiro atoms. The molecule has 0 unspecified atom stereocenters. The molecule has 0 fully saturated rings. The molecule has 2 aromatic rings. The molecule has 3 N–H and O–H groups in total. The van der Waals surface area contributed by atoms with Crippen molar-refractivity contribution >= 4 is 39.0 Å². The van der Waals surface area contributed by atoms with Crippen LogP contribution < -0.4 is 10.0 Å². The number of carbonyl (C=O) groups excluding carboxylic acids is 1. The van der Waals surface area contributed by atoms with Crippen LogP contribution in [-0.2, 0) is 14.8 Å². The van der Waals surface area contributed by atoms with Crippen LogP contribution in [0.1, 0.15) is 36.4 Å². The lowest BCUT2D eigenvalue weighted by atomic mass is 10.0. The molecule has 1 aromatic carbocycles. The van der Waals surface area contributed by atoms with Crippen LogP contribution in [-0.4, -0.2) is 49.6 Å². The Morgan fingerprint density at radius 2 is 1.90 bits per heavy atom. The Hall–Kier alpha value is -2.65. The molecule has 1 aromatic heterocycles. The predicted molar refractivity (Wildman–Crippen MR) is 118 cm³/mol. The van der Waals surface area contributed by atoms with Gasteiger partial charge in [0.2, 0.25) is 10.0 Å². The van der Waals surface area contributed by atoms with Crippen molar-refractivity contribution in [3.63, 3.8) is 0 Å². The largest absolute Gasteiger partial charge is 0.357 e. The number of rotatable bonds is 8. The number of sulfonamides is 1. The van der Waals surface area contributed by atoms with Gasteiger partial charge < -0.3 is 15.2 Å². The van der Waals surface area contributed by atoms with Crippen LogP contribution in [0.15, 0.2) is 18.2 Å². The molecular formula is C21H27FN4O3S. The van der Waals surface area contributed by atoms with Crippen LogP contribution in [0.2, 0.25) is 0 Å². The third kappa shape index (κ3) is 4.57. The van der Waals surface area contributed by atoms with E-state index in [0.29, 0.717) is 46.0 Å². The molecular weight excluding hydrogens is 407 g/mol. The second-order valence-corrected chi connectivity index (χ2v) is 9.16. The van der Waals surface area contributed by atoms with Gasteiger partial charge in [-0.05, 0) is 56.8 Å². The van der Waals surface area contributed by atoms with Crippen molar-refractivity contribution < 1.29 is 17.6 Å². The molecule has 0 bridgehead atoms. The minimum absolute atomic E-state index is 0.00970. The summed E-state index contributed by atoms with van der Waals surface area (Å²) in [7, 11) is -3.54. The number of nitrogens with zero attached hydrogens (tertiary/aromatic N) is 1. The Bertz CT molecular complexity index is 1100. The van der Waals surface area contributed by atoms with Crippen molar-refractivity contribution in [1.29, 1.82) is 0 Å². The predicted octanol–water partition coefficient (Wildman–Crippen LogP) is 3.35. The normalized spacial score (nSPS) is 15.0. The van der Waals surface area contributed by atoms with E-state index in [2.05, 4.69) is 15.0 Å². The van der Waals surface area contributed by atoms with E-state index >= 15 is 0 Å². The standard InChI is InChI=1S/C21H27FN4O3S/c1-5-26(6-2)9-10-30(28,29)25-20-13(3)19(23-14(20)4)12-17-16-11-15(22)7-8-18(16)24-21(17)27/h7-8,11-12,23,25H,5-6,9-10H2,1-4H3,(H,24,27)/b17-12-. The number of hydrogen-bond acceptors (Lipinski definition) is 4. The fourth-order valence-electron chi connectivity index (χ4n) is 3.52. The van der Waals surface area contributed by atoms with Gasteiger partial charge >= 0.3 is 0 Å². The number of benzene rings is 1. The zero-order chi connectivity index (χ0) is 22.1. The Morgan fingerprint density at radius 3 is 2.57 bits per heavy atom. The number of aromatic amines is 1. The Balaban J connectivity index is 1.88.